The molecule has 4 aliphatic rings. The highest BCUT2D eigenvalue weighted by Crippen LogP contribution is 2.65. The molecule has 0 saturated carbocycles. The fourth-order valence-corrected chi connectivity index (χ4v) is 10.1. The Morgan fingerprint density at radius 2 is 0.825 bits per heavy atom. The summed E-state index contributed by atoms with van der Waals surface area (Å²) in [4.78, 5) is 7.04. The Bertz CT molecular complexity index is 1620. The van der Waals surface area contributed by atoms with Gasteiger partial charge in [-0.25, -0.2) is 0 Å². The lowest BCUT2D eigenvalue weighted by Gasteiger charge is -2.22. The Balaban J connectivity index is 1.32. The zero-order valence-corrected chi connectivity index (χ0v) is 25.4. The molecule has 0 bridgehead atoms. The molecule has 4 aliphatic heterocycles. The number of fused-ring (bicyclic) bond motifs is 4. The van der Waals surface area contributed by atoms with Gasteiger partial charge in [-0.2, -0.15) is 0 Å². The third-order valence-corrected chi connectivity index (χ3v) is 12.1. The van der Waals surface area contributed by atoms with Crippen molar-refractivity contribution in [2.45, 2.75) is 26.2 Å². The van der Waals surface area contributed by atoms with Crippen LogP contribution in [-0.2, 0) is 5.41 Å². The molecule has 0 aromatic carbocycles. The first-order chi connectivity index (χ1) is 19.5. The lowest BCUT2D eigenvalue weighted by atomic mass is 9.94. The maximum absolute atomic E-state index is 6.30. The summed E-state index contributed by atoms with van der Waals surface area (Å²) in [6, 6.07) is 0. The summed E-state index contributed by atoms with van der Waals surface area (Å²) in [5.41, 5.74) is -0.0935. The molecule has 0 radical (unpaired) electrons. The van der Waals surface area contributed by atoms with Gasteiger partial charge in [-0.3, -0.25) is 0 Å². The van der Waals surface area contributed by atoms with E-state index in [1.165, 1.54) is 0 Å². The van der Waals surface area contributed by atoms with E-state index in [2.05, 4.69) is 20.8 Å². The summed E-state index contributed by atoms with van der Waals surface area (Å²) in [6.45, 7) is 10.7. The Morgan fingerprint density at radius 1 is 0.450 bits per heavy atom. The number of ether oxygens (including phenoxy) is 8. The predicted octanol–water partition coefficient (Wildman–Crippen LogP) is 7.32. The van der Waals surface area contributed by atoms with Gasteiger partial charge >= 0.3 is 0 Å². The van der Waals surface area contributed by atoms with Crippen molar-refractivity contribution in [2.75, 3.05) is 52.9 Å². The van der Waals surface area contributed by atoms with Crippen molar-refractivity contribution in [3.63, 3.8) is 0 Å². The average molecular weight is 619 g/mol. The van der Waals surface area contributed by atoms with E-state index in [4.69, 9.17) is 37.9 Å². The molecular weight excluding hydrogens is 593 g/mol. The second-order valence-corrected chi connectivity index (χ2v) is 14.5. The van der Waals surface area contributed by atoms with E-state index in [-0.39, 0.29) is 5.41 Å². The van der Waals surface area contributed by atoms with E-state index in [1.807, 2.05) is 5.38 Å². The summed E-state index contributed by atoms with van der Waals surface area (Å²) in [5.74, 6) is 6.14. The molecule has 0 unspecified atom stereocenters. The molecule has 4 aromatic rings. The van der Waals surface area contributed by atoms with Crippen LogP contribution < -0.4 is 37.9 Å². The van der Waals surface area contributed by atoms with Gasteiger partial charge in [0.05, 0.1) is 34.1 Å². The summed E-state index contributed by atoms with van der Waals surface area (Å²) < 4.78 is 49.3. The molecule has 40 heavy (non-hydrogen) atoms. The normalized spacial score (nSPS) is 17.2. The van der Waals surface area contributed by atoms with Crippen LogP contribution in [0.15, 0.2) is 5.38 Å². The summed E-state index contributed by atoms with van der Waals surface area (Å²) >= 11 is 6.57. The van der Waals surface area contributed by atoms with Gasteiger partial charge in [0.2, 0.25) is 0 Å². The molecule has 0 fully saturated rings. The minimum absolute atomic E-state index is 0.0935. The highest BCUT2D eigenvalue weighted by Gasteiger charge is 2.38. The first-order valence-electron chi connectivity index (χ1n) is 13.1. The van der Waals surface area contributed by atoms with Crippen LogP contribution in [0, 0.1) is 0 Å². The fourth-order valence-electron chi connectivity index (χ4n) is 5.11. The van der Waals surface area contributed by atoms with E-state index in [0.29, 0.717) is 52.9 Å². The summed E-state index contributed by atoms with van der Waals surface area (Å²) in [7, 11) is 0. The number of hydrogen-bond donors (Lipinski definition) is 0. The lowest BCUT2D eigenvalue weighted by Crippen LogP contribution is -2.18. The summed E-state index contributed by atoms with van der Waals surface area (Å²) in [6.07, 6.45) is 0. The Morgan fingerprint density at radius 3 is 1.32 bits per heavy atom. The van der Waals surface area contributed by atoms with E-state index in [9.17, 15) is 0 Å². The van der Waals surface area contributed by atoms with Crippen molar-refractivity contribution in [3.05, 3.63) is 10.3 Å². The highest BCUT2D eigenvalue weighted by molar-refractivity contribution is 7.29. The second-order valence-electron chi connectivity index (χ2n) is 10.6. The molecule has 12 heteroatoms. The quantitative estimate of drug-likeness (QED) is 0.237. The first kappa shape index (κ1) is 25.0. The Hall–Kier alpha value is -2.80. The molecule has 0 aliphatic carbocycles. The van der Waals surface area contributed by atoms with Gasteiger partial charge in [-0.05, 0) is 0 Å². The third-order valence-electron chi connectivity index (χ3n) is 6.80. The smallest absolute Gasteiger partial charge is 0.181 e. The van der Waals surface area contributed by atoms with Gasteiger partial charge in [0.15, 0.2) is 46.0 Å². The van der Waals surface area contributed by atoms with Gasteiger partial charge in [0, 0.05) is 10.8 Å². The van der Waals surface area contributed by atoms with Crippen LogP contribution in [-0.4, -0.2) is 52.9 Å². The molecule has 8 nitrogen and oxygen atoms in total. The maximum atomic E-state index is 6.30. The van der Waals surface area contributed by atoms with Crippen LogP contribution in [0.4, 0.5) is 0 Å². The van der Waals surface area contributed by atoms with Crippen LogP contribution in [0.2, 0.25) is 0 Å². The SMILES string of the molecule is CC(C)(C)c1sc(-c2sc(-c3sc(-c4scc5c4OCCO5)c4c3OCCO4)c3c2OCCO3)c2c1OCCO2. The lowest BCUT2D eigenvalue weighted by molar-refractivity contribution is 0.170. The zero-order chi connectivity index (χ0) is 27.0. The molecule has 0 amide bonds. The molecule has 8 heterocycles. The van der Waals surface area contributed by atoms with E-state index < -0.39 is 0 Å². The zero-order valence-electron chi connectivity index (χ0n) is 22.1. The molecule has 210 valence electrons. The van der Waals surface area contributed by atoms with Crippen LogP contribution >= 0.6 is 45.3 Å². The second kappa shape index (κ2) is 9.37. The first-order valence-corrected chi connectivity index (χ1v) is 16.5. The Labute approximate surface area is 246 Å². The highest BCUT2D eigenvalue weighted by atomic mass is 32.1. The monoisotopic (exact) mass is 618 g/mol. The van der Waals surface area contributed by atoms with E-state index >= 15 is 0 Å². The fraction of sp³-hybridized carbons (Fsp3) is 0.429. The molecular formula is C28H26O8S4. The van der Waals surface area contributed by atoms with Gasteiger partial charge in [-0.1, -0.05) is 20.8 Å². The molecule has 0 saturated heterocycles. The van der Waals surface area contributed by atoms with Crippen LogP contribution in [0.1, 0.15) is 25.6 Å². The van der Waals surface area contributed by atoms with E-state index in [0.717, 1.165) is 80.1 Å². The topological polar surface area (TPSA) is 73.8 Å². The van der Waals surface area contributed by atoms with Crippen molar-refractivity contribution >= 4 is 45.3 Å². The number of rotatable bonds is 3. The Kier molecular flexibility index (Phi) is 5.84. The molecule has 0 spiro atoms. The molecule has 0 N–H and O–H groups in total. The van der Waals surface area contributed by atoms with Gasteiger partial charge < -0.3 is 37.9 Å². The predicted molar refractivity (Wildman–Crippen MR) is 157 cm³/mol. The minimum Gasteiger partial charge on any atom is -0.485 e. The third kappa shape index (κ3) is 3.79. The largest absolute Gasteiger partial charge is 0.485 e. The van der Waals surface area contributed by atoms with Crippen molar-refractivity contribution in [1.82, 2.24) is 0 Å². The van der Waals surface area contributed by atoms with Crippen molar-refractivity contribution in [3.8, 4) is 75.3 Å². The van der Waals surface area contributed by atoms with Gasteiger partial charge in [-0.15, -0.1) is 45.3 Å². The number of hydrogen-bond acceptors (Lipinski definition) is 12. The molecule has 4 aromatic heterocycles. The minimum atomic E-state index is -0.0935. The van der Waals surface area contributed by atoms with Crippen LogP contribution in [0.5, 0.6) is 46.0 Å². The standard InChI is InChI=1S/C28H26O8S4/c1-28(2,3)27-20-19(35-10-11-36-20)26(40-27)25-18-17(33-8-9-34-18)24(39-25)23-16-15(31-6-7-32-16)22(38-23)21-14-13(12-37-21)29-4-5-30-14/h12H,4-11H2,1-3H3. The van der Waals surface area contributed by atoms with Gasteiger partial charge in [0.1, 0.15) is 52.9 Å². The van der Waals surface area contributed by atoms with E-state index in [1.54, 1.807) is 45.3 Å². The molecule has 8 rings (SSSR count). The van der Waals surface area contributed by atoms with Crippen LogP contribution in [0.3, 0.4) is 0 Å². The van der Waals surface area contributed by atoms with Gasteiger partial charge in [0.25, 0.3) is 0 Å². The van der Waals surface area contributed by atoms with Crippen LogP contribution in [0.25, 0.3) is 29.3 Å². The maximum Gasteiger partial charge on any atom is 0.181 e. The number of thiophene rings is 4. The average Bonchev–Trinajstić information content (AvgIpc) is 3.74. The molecule has 0 atom stereocenters. The van der Waals surface area contributed by atoms with Crippen molar-refractivity contribution in [2.24, 2.45) is 0 Å². The van der Waals surface area contributed by atoms with Crippen molar-refractivity contribution < 1.29 is 37.9 Å². The van der Waals surface area contributed by atoms with Crippen molar-refractivity contribution in [1.29, 1.82) is 0 Å². The summed E-state index contributed by atoms with van der Waals surface area (Å²) in [5, 5.41) is 2.00.